The fourth-order valence-corrected chi connectivity index (χ4v) is 3.33. The summed E-state index contributed by atoms with van der Waals surface area (Å²) in [5.74, 6) is -2.50. The molecule has 0 saturated carbocycles. The van der Waals surface area contributed by atoms with Crippen LogP contribution in [0.15, 0.2) is 34.9 Å². The molecule has 0 saturated heterocycles. The Hall–Kier alpha value is -3.47. The summed E-state index contributed by atoms with van der Waals surface area (Å²) in [6.07, 6.45) is 0. The average molecular weight is 391 g/mol. The second-order valence-corrected chi connectivity index (χ2v) is 6.49. The number of rotatable bonds is 6. The molecule has 1 atom stereocenters. The highest BCUT2D eigenvalue weighted by atomic mass is 32.1. The zero-order valence-corrected chi connectivity index (χ0v) is 14.7. The molecule has 1 unspecified atom stereocenters. The molecule has 9 nitrogen and oxygen atoms in total. The maximum Gasteiger partial charge on any atom is 0.252 e. The van der Waals surface area contributed by atoms with E-state index < -0.39 is 29.4 Å². The van der Waals surface area contributed by atoms with Crippen LogP contribution in [0, 0.1) is 5.82 Å². The molecule has 2 heterocycles. The van der Waals surface area contributed by atoms with E-state index in [2.05, 4.69) is 10.1 Å². The number of carbonyl (C=O) groups is 2. The van der Waals surface area contributed by atoms with Gasteiger partial charge in [-0.25, -0.2) is 9.37 Å². The lowest BCUT2D eigenvalue weighted by Crippen LogP contribution is -2.39. The number of thiazole rings is 1. The van der Waals surface area contributed by atoms with Crippen molar-refractivity contribution in [2.45, 2.75) is 13.0 Å². The predicted molar refractivity (Wildman–Crippen MR) is 95.3 cm³/mol. The van der Waals surface area contributed by atoms with Gasteiger partial charge in [-0.1, -0.05) is 11.3 Å². The largest absolute Gasteiger partial charge is 0.491 e. The van der Waals surface area contributed by atoms with Gasteiger partial charge in [0.25, 0.3) is 5.88 Å². The number of hydrogen-bond acceptors (Lipinski definition) is 9. The molecule has 11 heteroatoms. The quantitative estimate of drug-likeness (QED) is 0.539. The van der Waals surface area contributed by atoms with Crippen molar-refractivity contribution >= 4 is 39.7 Å². The first-order valence-electron chi connectivity index (χ1n) is 7.58. The van der Waals surface area contributed by atoms with Crippen molar-refractivity contribution in [3.05, 3.63) is 46.8 Å². The lowest BCUT2D eigenvalue weighted by molar-refractivity contribution is -0.118. The molecule has 0 radical (unpaired) electrons. The number of halogens is 1. The number of amides is 1. The van der Waals surface area contributed by atoms with E-state index >= 15 is 0 Å². The Morgan fingerprint density at radius 3 is 2.56 bits per heavy atom. The number of hydrogen-bond donors (Lipinski definition) is 3. The maximum absolute atomic E-state index is 13.3. The minimum atomic E-state index is -0.849. The first-order chi connectivity index (χ1) is 12.8. The van der Waals surface area contributed by atoms with Gasteiger partial charge in [-0.15, -0.1) is 0 Å². The van der Waals surface area contributed by atoms with Crippen molar-refractivity contribution in [1.29, 1.82) is 0 Å². The van der Waals surface area contributed by atoms with E-state index in [-0.39, 0.29) is 21.6 Å². The van der Waals surface area contributed by atoms with Gasteiger partial charge in [0.1, 0.15) is 22.6 Å². The summed E-state index contributed by atoms with van der Waals surface area (Å²) in [6.45, 7) is 1.54. The third kappa shape index (κ3) is 3.58. The Labute approximate surface area is 156 Å². The number of nitrogens with zero attached hydrogens (tertiary/aromatic N) is 3. The zero-order valence-electron chi connectivity index (χ0n) is 13.9. The molecule has 5 N–H and O–H groups in total. The third-order valence-corrected chi connectivity index (χ3v) is 4.75. The van der Waals surface area contributed by atoms with Gasteiger partial charge in [-0.3, -0.25) is 9.59 Å². The molecular formula is C16H14FN5O4S. The second-order valence-electron chi connectivity index (χ2n) is 5.51. The monoisotopic (exact) mass is 391 g/mol. The number of aromatic nitrogens is 2. The summed E-state index contributed by atoms with van der Waals surface area (Å²) in [5.41, 5.74) is 11.7. The summed E-state index contributed by atoms with van der Waals surface area (Å²) in [6, 6.07) is 5.53. The Morgan fingerprint density at radius 2 is 2.00 bits per heavy atom. The van der Waals surface area contributed by atoms with Crippen LogP contribution in [0.25, 0.3) is 0 Å². The molecule has 1 aromatic carbocycles. The van der Waals surface area contributed by atoms with E-state index in [4.69, 9.17) is 16.0 Å². The fourth-order valence-electron chi connectivity index (χ4n) is 2.30. The highest BCUT2D eigenvalue weighted by molar-refractivity contribution is 7.18. The van der Waals surface area contributed by atoms with Crippen LogP contribution in [-0.4, -0.2) is 33.0 Å². The molecule has 2 aromatic heterocycles. The van der Waals surface area contributed by atoms with Gasteiger partial charge in [0, 0.05) is 5.69 Å². The highest BCUT2D eigenvalue weighted by Gasteiger charge is 2.28. The summed E-state index contributed by atoms with van der Waals surface area (Å²) >= 11 is 0.894. The number of anilines is 3. The van der Waals surface area contributed by atoms with Crippen LogP contribution in [0.3, 0.4) is 0 Å². The zero-order chi connectivity index (χ0) is 19.7. The molecule has 1 amide bonds. The molecule has 3 aromatic rings. The molecular weight excluding hydrogens is 377 g/mol. The summed E-state index contributed by atoms with van der Waals surface area (Å²) < 4.78 is 18.0. The Kier molecular flexibility index (Phi) is 4.77. The number of benzene rings is 1. The van der Waals surface area contributed by atoms with E-state index in [0.29, 0.717) is 5.69 Å². The van der Waals surface area contributed by atoms with E-state index in [1.54, 1.807) is 6.92 Å². The van der Waals surface area contributed by atoms with Crippen LogP contribution in [0.4, 0.5) is 21.0 Å². The van der Waals surface area contributed by atoms with Crippen molar-refractivity contribution in [3.63, 3.8) is 0 Å². The molecule has 0 aliphatic rings. The summed E-state index contributed by atoms with van der Waals surface area (Å²) in [5, 5.41) is 12.7. The number of nitrogen functional groups attached to an aromatic ring is 1. The standard InChI is InChI=1S/C16H14FN5O4S/c1-7(15(19)25)22(9-4-2-8(17)3-5-9)16-20-14(18)13(27-16)12(24)10-6-11(23)21-26-10/h2-7H,18H2,1H3,(H2,19,25)(H,21,23). The molecule has 0 fully saturated rings. The second kappa shape index (κ2) is 7.03. The van der Waals surface area contributed by atoms with Crippen LogP contribution in [-0.2, 0) is 4.79 Å². The van der Waals surface area contributed by atoms with Crippen molar-refractivity contribution in [3.8, 4) is 5.88 Å². The Morgan fingerprint density at radius 1 is 1.33 bits per heavy atom. The molecule has 140 valence electrons. The van der Waals surface area contributed by atoms with E-state index in [1.165, 1.54) is 29.2 Å². The maximum atomic E-state index is 13.3. The normalized spacial score (nSPS) is 11.9. The van der Waals surface area contributed by atoms with E-state index in [1.807, 2.05) is 0 Å². The first-order valence-corrected chi connectivity index (χ1v) is 8.40. The fraction of sp³-hybridized carbons (Fsp3) is 0.125. The molecule has 27 heavy (non-hydrogen) atoms. The van der Waals surface area contributed by atoms with Gasteiger partial charge in [0.15, 0.2) is 5.13 Å². The summed E-state index contributed by atoms with van der Waals surface area (Å²) in [4.78, 5) is 29.8. The predicted octanol–water partition coefficient (Wildman–Crippen LogP) is 1.80. The lowest BCUT2D eigenvalue weighted by Gasteiger charge is -2.26. The van der Waals surface area contributed by atoms with Crippen LogP contribution in [0.1, 0.15) is 22.4 Å². The third-order valence-electron chi connectivity index (χ3n) is 3.68. The molecule has 0 bridgehead atoms. The number of nitrogens with two attached hydrogens (primary N) is 2. The highest BCUT2D eigenvalue weighted by Crippen LogP contribution is 2.36. The Bertz CT molecular complexity index is 1000. The van der Waals surface area contributed by atoms with Crippen LogP contribution in [0.5, 0.6) is 5.88 Å². The van der Waals surface area contributed by atoms with E-state index in [9.17, 15) is 19.1 Å². The van der Waals surface area contributed by atoms with Gasteiger partial charge >= 0.3 is 0 Å². The minimum Gasteiger partial charge on any atom is -0.491 e. The summed E-state index contributed by atoms with van der Waals surface area (Å²) in [7, 11) is 0. The first kappa shape index (κ1) is 18.3. The van der Waals surface area contributed by atoms with Gasteiger partial charge < -0.3 is 26.0 Å². The molecule has 0 aliphatic heterocycles. The van der Waals surface area contributed by atoms with Crippen molar-refractivity contribution in [2.75, 3.05) is 10.6 Å². The lowest BCUT2D eigenvalue weighted by atomic mass is 10.2. The van der Waals surface area contributed by atoms with Gasteiger partial charge in [-0.05, 0) is 36.3 Å². The Balaban J connectivity index is 2.04. The van der Waals surface area contributed by atoms with E-state index in [0.717, 1.165) is 17.4 Å². The van der Waals surface area contributed by atoms with Gasteiger partial charge in [0.2, 0.25) is 17.5 Å². The van der Waals surface area contributed by atoms with Crippen LogP contribution < -0.4 is 16.4 Å². The number of carbonyl (C=O) groups excluding carboxylic acids is 2. The van der Waals surface area contributed by atoms with Gasteiger partial charge in [0.05, 0.1) is 6.07 Å². The SMILES string of the molecule is CC(C(N)=O)N(c1ccc(F)cc1)c1nc(N)c(C(=O)c2cc(O)no2)s1. The van der Waals surface area contributed by atoms with Crippen molar-refractivity contribution < 1.29 is 23.6 Å². The molecule has 0 aliphatic carbocycles. The van der Waals surface area contributed by atoms with Crippen LogP contribution in [0.2, 0.25) is 0 Å². The molecule has 3 rings (SSSR count). The topological polar surface area (TPSA) is 149 Å². The molecule has 0 spiro atoms. The number of aromatic hydroxyl groups is 1. The van der Waals surface area contributed by atoms with Gasteiger partial charge in [-0.2, -0.15) is 0 Å². The minimum absolute atomic E-state index is 0.0323. The number of ketones is 1. The average Bonchev–Trinajstić information content (AvgIpc) is 3.22. The van der Waals surface area contributed by atoms with Crippen molar-refractivity contribution in [2.24, 2.45) is 5.73 Å². The van der Waals surface area contributed by atoms with Crippen molar-refractivity contribution in [1.82, 2.24) is 10.1 Å². The smallest absolute Gasteiger partial charge is 0.252 e. The number of primary amides is 1. The van der Waals surface area contributed by atoms with Crippen LogP contribution >= 0.6 is 11.3 Å².